The molecule has 6 heteroatoms. The second-order valence-electron chi connectivity index (χ2n) is 4.11. The summed E-state index contributed by atoms with van der Waals surface area (Å²) in [6, 6.07) is 5.13. The topological polar surface area (TPSA) is 50.8 Å². The van der Waals surface area contributed by atoms with E-state index in [1.807, 2.05) is 0 Å². The molecule has 1 aromatic carbocycles. The molecule has 0 fully saturated rings. The molecule has 0 unspecified atom stereocenters. The van der Waals surface area contributed by atoms with Gasteiger partial charge in [0.25, 0.3) is 0 Å². The van der Waals surface area contributed by atoms with Crippen molar-refractivity contribution < 1.29 is 14.3 Å². The van der Waals surface area contributed by atoms with Crippen LogP contribution in [0.3, 0.4) is 0 Å². The average Bonchev–Trinajstić information content (AvgIpc) is 2.44. The third-order valence-electron chi connectivity index (χ3n) is 2.94. The number of ether oxygens (including phenoxy) is 2. The van der Waals surface area contributed by atoms with Gasteiger partial charge in [-0.15, -0.1) is 0 Å². The monoisotopic (exact) mass is 300 g/mol. The highest BCUT2D eigenvalue weighted by Gasteiger charge is 2.11. The van der Waals surface area contributed by atoms with Crippen molar-refractivity contribution in [3.8, 4) is 5.75 Å². The largest absolute Gasteiger partial charge is 0.493 e. The first-order chi connectivity index (χ1) is 9.62. The number of carbonyl (C=O) groups is 1. The highest BCUT2D eigenvalue weighted by molar-refractivity contribution is 6.32. The van der Waals surface area contributed by atoms with Crippen LogP contribution in [0.2, 0.25) is 5.02 Å². The van der Waals surface area contributed by atoms with Gasteiger partial charge in [-0.05, 0) is 25.2 Å². The first kappa shape index (κ1) is 16.6. The first-order valence-corrected chi connectivity index (χ1v) is 6.98. The number of para-hydroxylation sites is 1. The number of anilines is 1. The number of nitrogens with one attached hydrogen (secondary N) is 1. The van der Waals surface area contributed by atoms with Gasteiger partial charge in [0.2, 0.25) is 0 Å². The van der Waals surface area contributed by atoms with Gasteiger partial charge in [0.1, 0.15) is 6.61 Å². The third-order valence-corrected chi connectivity index (χ3v) is 3.24. The number of likely N-dealkylation sites (N-methyl/N-ethyl adjacent to an activating group) is 1. The zero-order valence-electron chi connectivity index (χ0n) is 12.1. The molecule has 5 nitrogen and oxygen atoms in total. The van der Waals surface area contributed by atoms with E-state index in [9.17, 15) is 4.79 Å². The minimum absolute atomic E-state index is 0.344. The van der Waals surface area contributed by atoms with Gasteiger partial charge in [-0.3, -0.25) is 5.32 Å². The van der Waals surface area contributed by atoms with Crippen LogP contribution in [0.5, 0.6) is 5.75 Å². The molecule has 0 heterocycles. The van der Waals surface area contributed by atoms with E-state index in [-0.39, 0.29) is 0 Å². The normalized spacial score (nSPS) is 10.4. The summed E-state index contributed by atoms with van der Waals surface area (Å²) in [6.07, 6.45) is -0.516. The summed E-state index contributed by atoms with van der Waals surface area (Å²) in [5, 5.41) is 3.06. The lowest BCUT2D eigenvalue weighted by atomic mass is 10.3. The molecule has 1 N–H and O–H groups in total. The lowest BCUT2D eigenvalue weighted by molar-refractivity contribution is 0.142. The molecule has 0 atom stereocenters. The molecule has 0 spiro atoms. The highest BCUT2D eigenvalue weighted by atomic mass is 35.5. The number of hydrogen-bond donors (Lipinski definition) is 1. The first-order valence-electron chi connectivity index (χ1n) is 6.61. The van der Waals surface area contributed by atoms with E-state index in [2.05, 4.69) is 24.1 Å². The Kier molecular flexibility index (Phi) is 7.18. The minimum Gasteiger partial charge on any atom is -0.493 e. The molecule has 0 saturated heterocycles. The van der Waals surface area contributed by atoms with Crippen LogP contribution in [0.25, 0.3) is 0 Å². The number of benzene rings is 1. The molecule has 1 amide bonds. The maximum absolute atomic E-state index is 11.7. The lowest BCUT2D eigenvalue weighted by Crippen LogP contribution is -2.28. The van der Waals surface area contributed by atoms with E-state index in [1.165, 1.54) is 7.11 Å². The zero-order valence-corrected chi connectivity index (χ0v) is 12.9. The molecule has 0 saturated carbocycles. The van der Waals surface area contributed by atoms with Crippen LogP contribution in [0.15, 0.2) is 18.2 Å². The van der Waals surface area contributed by atoms with Gasteiger partial charge in [-0.25, -0.2) is 4.79 Å². The van der Waals surface area contributed by atoms with Gasteiger partial charge in [-0.2, -0.15) is 0 Å². The second kappa shape index (κ2) is 8.66. The maximum atomic E-state index is 11.7. The van der Waals surface area contributed by atoms with E-state index in [4.69, 9.17) is 21.1 Å². The zero-order chi connectivity index (χ0) is 15.0. The molecule has 1 rings (SSSR count). The van der Waals surface area contributed by atoms with Crippen molar-refractivity contribution in [2.24, 2.45) is 0 Å². The Morgan fingerprint density at radius 2 is 2.05 bits per heavy atom. The third kappa shape index (κ3) is 4.90. The fraction of sp³-hybridized carbons (Fsp3) is 0.500. The molecule has 1 aromatic rings. The summed E-state index contributed by atoms with van der Waals surface area (Å²) in [6.45, 7) is 7.07. The lowest BCUT2D eigenvalue weighted by Gasteiger charge is -2.17. The molecule has 0 aliphatic heterocycles. The second-order valence-corrected chi connectivity index (χ2v) is 4.52. The van der Waals surface area contributed by atoms with Crippen molar-refractivity contribution in [1.29, 1.82) is 0 Å². The van der Waals surface area contributed by atoms with Crippen molar-refractivity contribution in [1.82, 2.24) is 4.90 Å². The Morgan fingerprint density at radius 3 is 2.65 bits per heavy atom. The van der Waals surface area contributed by atoms with Gasteiger partial charge in [0.05, 0.1) is 17.8 Å². The molecule has 0 bridgehead atoms. The molecule has 0 aromatic heterocycles. The van der Waals surface area contributed by atoms with Crippen molar-refractivity contribution in [3.05, 3.63) is 23.2 Å². The highest BCUT2D eigenvalue weighted by Crippen LogP contribution is 2.32. The van der Waals surface area contributed by atoms with E-state index in [1.54, 1.807) is 18.2 Å². The summed E-state index contributed by atoms with van der Waals surface area (Å²) in [5.41, 5.74) is 0.493. The smallest absolute Gasteiger partial charge is 0.411 e. The average molecular weight is 301 g/mol. The summed E-state index contributed by atoms with van der Waals surface area (Å²) in [4.78, 5) is 13.9. The van der Waals surface area contributed by atoms with Crippen LogP contribution in [-0.4, -0.2) is 44.3 Å². The number of hydrogen-bond acceptors (Lipinski definition) is 4. The quantitative estimate of drug-likeness (QED) is 0.840. The maximum Gasteiger partial charge on any atom is 0.411 e. The number of nitrogens with zero attached hydrogens (tertiary/aromatic N) is 1. The predicted molar refractivity (Wildman–Crippen MR) is 80.8 cm³/mol. The van der Waals surface area contributed by atoms with Crippen LogP contribution < -0.4 is 10.1 Å². The predicted octanol–water partition coefficient (Wildman–Crippen LogP) is 3.24. The van der Waals surface area contributed by atoms with Gasteiger partial charge in [0.15, 0.2) is 5.75 Å². The Labute approximate surface area is 124 Å². The van der Waals surface area contributed by atoms with Crippen molar-refractivity contribution in [2.45, 2.75) is 13.8 Å². The molecule has 0 radical (unpaired) electrons. The Bertz CT molecular complexity index is 436. The number of carbonyl (C=O) groups excluding carboxylic acids is 1. The molecular weight excluding hydrogens is 280 g/mol. The molecule has 0 aliphatic rings. The van der Waals surface area contributed by atoms with Crippen LogP contribution in [0.4, 0.5) is 10.5 Å². The summed E-state index contributed by atoms with van der Waals surface area (Å²) in [7, 11) is 1.50. The number of rotatable bonds is 7. The van der Waals surface area contributed by atoms with Gasteiger partial charge >= 0.3 is 6.09 Å². The Balaban J connectivity index is 2.49. The fourth-order valence-corrected chi connectivity index (χ4v) is 2.02. The molecule has 20 heavy (non-hydrogen) atoms. The van der Waals surface area contributed by atoms with Gasteiger partial charge in [-0.1, -0.05) is 31.5 Å². The number of halogens is 1. The van der Waals surface area contributed by atoms with E-state index in [0.717, 1.165) is 13.1 Å². The fourth-order valence-electron chi connectivity index (χ4n) is 1.77. The van der Waals surface area contributed by atoms with Crippen LogP contribution >= 0.6 is 11.6 Å². The van der Waals surface area contributed by atoms with Crippen LogP contribution in [0, 0.1) is 0 Å². The number of amides is 1. The summed E-state index contributed by atoms with van der Waals surface area (Å²) >= 11 is 5.97. The Morgan fingerprint density at radius 1 is 1.35 bits per heavy atom. The van der Waals surface area contributed by atoms with Crippen molar-refractivity contribution in [2.75, 3.05) is 38.7 Å². The van der Waals surface area contributed by atoms with Crippen molar-refractivity contribution in [3.63, 3.8) is 0 Å². The standard InChI is InChI=1S/C14H21ClN2O3/c1-4-17(5-2)9-10-20-14(18)16-12-8-6-7-11(15)13(12)19-3/h6-8H,4-5,9-10H2,1-3H3,(H,16,18). The van der Waals surface area contributed by atoms with E-state index >= 15 is 0 Å². The van der Waals surface area contributed by atoms with E-state index < -0.39 is 6.09 Å². The van der Waals surface area contributed by atoms with Crippen LogP contribution in [0.1, 0.15) is 13.8 Å². The Hall–Kier alpha value is -1.46. The minimum atomic E-state index is -0.516. The molecular formula is C14H21ClN2O3. The summed E-state index contributed by atoms with van der Waals surface area (Å²) < 4.78 is 10.3. The molecule has 112 valence electrons. The SMILES string of the molecule is CCN(CC)CCOC(=O)Nc1cccc(Cl)c1OC. The van der Waals surface area contributed by atoms with Gasteiger partial charge in [0, 0.05) is 6.54 Å². The summed E-state index contributed by atoms with van der Waals surface area (Å²) in [5.74, 6) is 0.426. The van der Waals surface area contributed by atoms with Gasteiger partial charge < -0.3 is 14.4 Å². The van der Waals surface area contributed by atoms with E-state index in [0.29, 0.717) is 29.6 Å². The molecule has 0 aliphatic carbocycles. The van der Waals surface area contributed by atoms with Crippen LogP contribution in [-0.2, 0) is 4.74 Å². The number of methoxy groups -OCH3 is 1. The van der Waals surface area contributed by atoms with Crippen molar-refractivity contribution >= 4 is 23.4 Å².